The predicted octanol–water partition coefficient (Wildman–Crippen LogP) is 2.91. The lowest BCUT2D eigenvalue weighted by Gasteiger charge is -2.16. The topological polar surface area (TPSA) is 38.3 Å². The van der Waals surface area contributed by atoms with Crippen molar-refractivity contribution in [2.75, 3.05) is 18.5 Å². The Morgan fingerprint density at radius 2 is 2.00 bits per heavy atom. The van der Waals surface area contributed by atoms with Gasteiger partial charge in [0.2, 0.25) is 5.91 Å². The van der Waals surface area contributed by atoms with Crippen LogP contribution in [0.15, 0.2) is 30.3 Å². The lowest BCUT2D eigenvalue weighted by Crippen LogP contribution is -2.30. The van der Waals surface area contributed by atoms with E-state index in [1.807, 2.05) is 30.3 Å². The minimum absolute atomic E-state index is 0.0000310. The number of hydrogen-bond donors (Lipinski definition) is 1. The maximum atomic E-state index is 11.8. The summed E-state index contributed by atoms with van der Waals surface area (Å²) in [5.74, 6) is -0.220. The van der Waals surface area contributed by atoms with Crippen LogP contribution in [0.3, 0.4) is 0 Å². The molecule has 1 aromatic carbocycles. The summed E-state index contributed by atoms with van der Waals surface area (Å²) < 4.78 is 28.3. The molecule has 0 radical (unpaired) electrons. The number of rotatable bonds is 8. The van der Waals surface area contributed by atoms with Gasteiger partial charge in [-0.2, -0.15) is 0 Å². The molecule has 0 saturated carbocycles. The molecule has 6 heteroatoms. The van der Waals surface area contributed by atoms with E-state index in [-0.39, 0.29) is 25.0 Å². The van der Waals surface area contributed by atoms with Gasteiger partial charge in [0.15, 0.2) is 0 Å². The highest BCUT2D eigenvalue weighted by Crippen LogP contribution is 2.14. The quantitative estimate of drug-likeness (QED) is 0.586. The molecule has 1 amide bonds. The first-order chi connectivity index (χ1) is 9.13. The summed E-state index contributed by atoms with van der Waals surface area (Å²) in [7, 11) is 0. The van der Waals surface area contributed by atoms with Gasteiger partial charge in [-0.1, -0.05) is 46.3 Å². The normalized spacial score (nSPS) is 12.4. The summed E-state index contributed by atoms with van der Waals surface area (Å²) in [6.07, 6.45) is -2.43. The fraction of sp³-hybridized carbons (Fsp3) is 0.462. The SMILES string of the molecule is O=C(CCOCC(F)F)NC(CBr)c1ccccc1. The molecule has 0 aromatic heterocycles. The van der Waals surface area contributed by atoms with Crippen molar-refractivity contribution in [3.63, 3.8) is 0 Å². The van der Waals surface area contributed by atoms with Crippen LogP contribution in [0.5, 0.6) is 0 Å². The number of benzene rings is 1. The minimum atomic E-state index is -2.50. The number of carbonyl (C=O) groups is 1. The van der Waals surface area contributed by atoms with Gasteiger partial charge < -0.3 is 10.1 Å². The Labute approximate surface area is 119 Å². The number of carbonyl (C=O) groups excluding carboxylic acids is 1. The zero-order valence-electron chi connectivity index (χ0n) is 10.3. The van der Waals surface area contributed by atoms with Crippen LogP contribution in [0, 0.1) is 0 Å². The molecule has 106 valence electrons. The van der Waals surface area contributed by atoms with Crippen LogP contribution in [-0.2, 0) is 9.53 Å². The second-order valence-corrected chi connectivity index (χ2v) is 4.55. The number of alkyl halides is 3. The zero-order chi connectivity index (χ0) is 14.1. The van der Waals surface area contributed by atoms with Crippen molar-refractivity contribution < 1.29 is 18.3 Å². The molecule has 1 atom stereocenters. The van der Waals surface area contributed by atoms with Gasteiger partial charge in [-0.3, -0.25) is 4.79 Å². The number of hydrogen-bond acceptors (Lipinski definition) is 2. The Balaban J connectivity index is 2.33. The van der Waals surface area contributed by atoms with Crippen molar-refractivity contribution >= 4 is 21.8 Å². The monoisotopic (exact) mass is 335 g/mol. The van der Waals surface area contributed by atoms with Gasteiger partial charge in [-0.15, -0.1) is 0 Å². The molecular weight excluding hydrogens is 320 g/mol. The summed E-state index contributed by atoms with van der Waals surface area (Å²) in [6, 6.07) is 9.38. The van der Waals surface area contributed by atoms with Gasteiger partial charge in [0, 0.05) is 11.8 Å². The van der Waals surface area contributed by atoms with Gasteiger partial charge in [0.25, 0.3) is 6.43 Å². The van der Waals surface area contributed by atoms with Crippen LogP contribution in [0.1, 0.15) is 18.0 Å². The summed E-state index contributed by atoms with van der Waals surface area (Å²) in [4.78, 5) is 11.6. The van der Waals surface area contributed by atoms with E-state index in [4.69, 9.17) is 0 Å². The first kappa shape index (κ1) is 16.0. The molecular formula is C13H16BrF2NO2. The minimum Gasteiger partial charge on any atom is -0.375 e. The molecule has 1 N–H and O–H groups in total. The molecule has 0 spiro atoms. The van der Waals surface area contributed by atoms with Crippen LogP contribution < -0.4 is 5.32 Å². The Morgan fingerprint density at radius 1 is 1.32 bits per heavy atom. The molecule has 0 heterocycles. The van der Waals surface area contributed by atoms with Crippen LogP contribution in [0.2, 0.25) is 0 Å². The maximum Gasteiger partial charge on any atom is 0.261 e. The maximum absolute atomic E-state index is 11.8. The fourth-order valence-corrected chi connectivity index (χ4v) is 2.04. The molecule has 1 rings (SSSR count). The van der Waals surface area contributed by atoms with Gasteiger partial charge in [-0.05, 0) is 5.56 Å². The van der Waals surface area contributed by atoms with Crippen molar-refractivity contribution in [2.24, 2.45) is 0 Å². The lowest BCUT2D eigenvalue weighted by atomic mass is 10.1. The molecule has 0 fully saturated rings. The van der Waals surface area contributed by atoms with Crippen LogP contribution in [-0.4, -0.2) is 30.9 Å². The molecule has 0 aliphatic heterocycles. The highest BCUT2D eigenvalue weighted by molar-refractivity contribution is 9.09. The third-order valence-corrected chi connectivity index (χ3v) is 3.06. The lowest BCUT2D eigenvalue weighted by molar-refractivity contribution is -0.123. The zero-order valence-corrected chi connectivity index (χ0v) is 11.9. The molecule has 0 bridgehead atoms. The summed E-state index contributed by atoms with van der Waals surface area (Å²) in [6.45, 7) is -0.631. The van der Waals surface area contributed by atoms with E-state index < -0.39 is 13.0 Å². The Kier molecular flexibility index (Phi) is 7.59. The van der Waals surface area contributed by atoms with Crippen molar-refractivity contribution in [3.8, 4) is 0 Å². The number of ether oxygens (including phenoxy) is 1. The van der Waals surface area contributed by atoms with E-state index in [0.29, 0.717) is 5.33 Å². The van der Waals surface area contributed by atoms with Gasteiger partial charge in [-0.25, -0.2) is 8.78 Å². The first-order valence-electron chi connectivity index (χ1n) is 5.89. The van der Waals surface area contributed by atoms with E-state index in [1.165, 1.54) is 0 Å². The standard InChI is InChI=1S/C13H16BrF2NO2/c14-8-11(10-4-2-1-3-5-10)17-13(18)6-7-19-9-12(15)16/h1-5,11-12H,6-9H2,(H,17,18). The number of nitrogens with one attached hydrogen (secondary N) is 1. The third kappa shape index (κ3) is 6.63. The van der Waals surface area contributed by atoms with Crippen molar-refractivity contribution in [1.29, 1.82) is 0 Å². The molecule has 0 saturated heterocycles. The molecule has 0 aliphatic carbocycles. The van der Waals surface area contributed by atoms with Crippen molar-refractivity contribution in [3.05, 3.63) is 35.9 Å². The third-order valence-electron chi connectivity index (χ3n) is 2.41. The molecule has 1 unspecified atom stereocenters. The van der Waals surface area contributed by atoms with Crippen LogP contribution in [0.4, 0.5) is 8.78 Å². The van der Waals surface area contributed by atoms with E-state index in [1.54, 1.807) is 0 Å². The number of amides is 1. The van der Waals surface area contributed by atoms with Gasteiger partial charge in [0.05, 0.1) is 12.6 Å². The summed E-state index contributed by atoms with van der Waals surface area (Å²) in [5.41, 5.74) is 0.987. The number of halogens is 3. The molecule has 3 nitrogen and oxygen atoms in total. The second kappa shape index (κ2) is 8.98. The van der Waals surface area contributed by atoms with Crippen LogP contribution >= 0.6 is 15.9 Å². The fourth-order valence-electron chi connectivity index (χ4n) is 1.50. The molecule has 1 aromatic rings. The van der Waals surface area contributed by atoms with Gasteiger partial charge in [0.1, 0.15) is 6.61 Å². The van der Waals surface area contributed by atoms with Crippen molar-refractivity contribution in [2.45, 2.75) is 18.9 Å². The second-order valence-electron chi connectivity index (χ2n) is 3.90. The Morgan fingerprint density at radius 3 is 2.58 bits per heavy atom. The van der Waals surface area contributed by atoms with Crippen LogP contribution in [0.25, 0.3) is 0 Å². The van der Waals surface area contributed by atoms with Crippen molar-refractivity contribution in [1.82, 2.24) is 5.32 Å². The largest absolute Gasteiger partial charge is 0.375 e. The van der Waals surface area contributed by atoms with Gasteiger partial charge >= 0.3 is 0 Å². The Bertz CT molecular complexity index is 376. The highest BCUT2D eigenvalue weighted by atomic mass is 79.9. The predicted molar refractivity (Wildman–Crippen MR) is 72.6 cm³/mol. The molecule has 0 aliphatic rings. The highest BCUT2D eigenvalue weighted by Gasteiger charge is 2.13. The van der Waals surface area contributed by atoms with E-state index in [2.05, 4.69) is 26.0 Å². The van der Waals surface area contributed by atoms with E-state index in [0.717, 1.165) is 5.56 Å². The van der Waals surface area contributed by atoms with E-state index in [9.17, 15) is 13.6 Å². The summed E-state index contributed by atoms with van der Waals surface area (Å²) >= 11 is 3.34. The average Bonchev–Trinajstić information content (AvgIpc) is 2.41. The first-order valence-corrected chi connectivity index (χ1v) is 7.01. The summed E-state index contributed by atoms with van der Waals surface area (Å²) in [5, 5.41) is 3.40. The average molecular weight is 336 g/mol. The smallest absolute Gasteiger partial charge is 0.261 e. The Hall–Kier alpha value is -1.01. The van der Waals surface area contributed by atoms with E-state index >= 15 is 0 Å². The molecule has 19 heavy (non-hydrogen) atoms.